The molecular formula is C24H27N3O5. The van der Waals surface area contributed by atoms with Crippen LogP contribution in [0.5, 0.6) is 0 Å². The van der Waals surface area contributed by atoms with Gasteiger partial charge in [-0.25, -0.2) is 4.79 Å². The molecule has 3 rings (SSSR count). The van der Waals surface area contributed by atoms with Gasteiger partial charge in [-0.3, -0.25) is 4.79 Å². The van der Waals surface area contributed by atoms with Crippen molar-refractivity contribution in [3.05, 3.63) is 65.2 Å². The van der Waals surface area contributed by atoms with Gasteiger partial charge >= 0.3 is 12.4 Å². The topological polar surface area (TPSA) is 112 Å². The summed E-state index contributed by atoms with van der Waals surface area (Å²) >= 11 is 0. The molecule has 0 bridgehead atoms. The molecule has 1 N–H and O–H groups in total. The highest BCUT2D eigenvalue weighted by atomic mass is 16.8. The quantitative estimate of drug-likeness (QED) is 0.233. The van der Waals surface area contributed by atoms with Gasteiger partial charge in [-0.1, -0.05) is 48.5 Å². The van der Waals surface area contributed by atoms with E-state index in [2.05, 4.69) is 4.79 Å². The fourth-order valence-corrected chi connectivity index (χ4v) is 3.99. The molecule has 8 heteroatoms. The Kier molecular flexibility index (Phi) is 6.89. The van der Waals surface area contributed by atoms with Crippen LogP contribution in [-0.4, -0.2) is 57.4 Å². The Balaban J connectivity index is 1.78. The number of fused-ring (bicyclic) bond motifs is 3. The molecule has 8 nitrogen and oxygen atoms in total. The van der Waals surface area contributed by atoms with Crippen LogP contribution >= 0.6 is 0 Å². The lowest BCUT2D eigenvalue weighted by Gasteiger charge is -2.38. The first-order valence-corrected chi connectivity index (χ1v) is 10.4. The van der Waals surface area contributed by atoms with Crippen LogP contribution in [0.1, 0.15) is 44.7 Å². The van der Waals surface area contributed by atoms with Crippen molar-refractivity contribution in [2.24, 2.45) is 0 Å². The molecule has 1 aliphatic rings. The molecule has 0 spiro atoms. The van der Waals surface area contributed by atoms with E-state index in [1.165, 1.54) is 6.92 Å². The van der Waals surface area contributed by atoms with Gasteiger partial charge in [-0.05, 0) is 49.9 Å². The highest BCUT2D eigenvalue weighted by Crippen LogP contribution is 2.44. The van der Waals surface area contributed by atoms with Gasteiger partial charge in [0.25, 0.3) is 5.78 Å². The van der Waals surface area contributed by atoms with Crippen LogP contribution in [0.2, 0.25) is 0 Å². The van der Waals surface area contributed by atoms with Crippen molar-refractivity contribution in [1.29, 1.82) is 0 Å². The number of ketones is 1. The second-order valence-corrected chi connectivity index (χ2v) is 8.71. The number of carbonyl (C=O) groups is 2. The normalized spacial score (nSPS) is 14.7. The van der Waals surface area contributed by atoms with E-state index in [-0.39, 0.29) is 12.5 Å². The third kappa shape index (κ3) is 4.78. The van der Waals surface area contributed by atoms with Gasteiger partial charge in [0, 0.05) is 11.5 Å². The second-order valence-electron chi connectivity index (χ2n) is 8.71. The number of rotatable bonds is 7. The Hall–Kier alpha value is -3.32. The summed E-state index contributed by atoms with van der Waals surface area (Å²) in [7, 11) is 0. The molecule has 0 unspecified atom stereocenters. The minimum atomic E-state index is -1.27. The lowest BCUT2D eigenvalue weighted by Crippen LogP contribution is -2.57. The summed E-state index contributed by atoms with van der Waals surface area (Å²) in [6.45, 7) is 6.57. The summed E-state index contributed by atoms with van der Waals surface area (Å²) in [6.07, 6.45) is -1.54. The molecule has 2 aromatic carbocycles. The van der Waals surface area contributed by atoms with Gasteiger partial charge in [0.05, 0.1) is 6.10 Å². The first-order chi connectivity index (χ1) is 15.1. The number of carbonyl (C=O) groups excluding carboxylic acids is 2. The van der Waals surface area contributed by atoms with Crippen LogP contribution in [0.15, 0.2) is 48.5 Å². The number of aliphatic hydroxyl groups excluding tert-OH is 1. The third-order valence-corrected chi connectivity index (χ3v) is 5.35. The molecule has 0 heterocycles. The number of Topliss-reactive ketones (excluding diaryl/α,β-unsaturated/α-hetero) is 1. The standard InChI is InChI=1S/C24H27N3O5/c1-15(28)22(21(29)13-26-25)27(24(2,3)4)32-23(30)31-14-20-18-11-7-5-9-16(18)17-10-6-8-12-19(17)20/h5-13,15,20,22,28H,14H2,1-4H3/t15-,22+/m0/s1. The highest BCUT2D eigenvalue weighted by molar-refractivity contribution is 6.27. The Morgan fingerprint density at radius 1 is 1.12 bits per heavy atom. The van der Waals surface area contributed by atoms with Crippen LogP contribution in [0.4, 0.5) is 4.79 Å². The maximum atomic E-state index is 12.6. The fourth-order valence-electron chi connectivity index (χ4n) is 3.99. The van der Waals surface area contributed by atoms with E-state index in [4.69, 9.17) is 15.1 Å². The molecule has 0 fully saturated rings. The molecule has 0 aliphatic heterocycles. The summed E-state index contributed by atoms with van der Waals surface area (Å²) in [5.41, 5.74) is 12.2. The fraction of sp³-hybridized carbons (Fsp3) is 0.375. The minimum absolute atomic E-state index is 0.0518. The molecule has 168 valence electrons. The molecule has 0 amide bonds. The van der Waals surface area contributed by atoms with Crippen molar-refractivity contribution in [3.63, 3.8) is 0 Å². The van der Waals surface area contributed by atoms with Crippen molar-refractivity contribution < 1.29 is 29.1 Å². The molecule has 1 aliphatic carbocycles. The van der Waals surface area contributed by atoms with Crippen molar-refractivity contribution in [1.82, 2.24) is 5.06 Å². The molecular weight excluding hydrogens is 410 g/mol. The Labute approximate surface area is 187 Å². The molecule has 0 radical (unpaired) electrons. The summed E-state index contributed by atoms with van der Waals surface area (Å²) < 4.78 is 5.46. The first-order valence-electron chi connectivity index (χ1n) is 10.4. The van der Waals surface area contributed by atoms with Crippen molar-refractivity contribution in [2.75, 3.05) is 6.61 Å². The third-order valence-electron chi connectivity index (χ3n) is 5.35. The number of ether oxygens (including phenoxy) is 1. The zero-order valence-corrected chi connectivity index (χ0v) is 18.6. The number of hydrogen-bond acceptors (Lipinski definition) is 6. The number of aliphatic hydroxyl groups is 1. The average Bonchev–Trinajstić information content (AvgIpc) is 3.05. The smallest absolute Gasteiger partial charge is 0.432 e. The largest absolute Gasteiger partial charge is 0.527 e. The Bertz CT molecular complexity index is 1010. The predicted molar refractivity (Wildman–Crippen MR) is 118 cm³/mol. The lowest BCUT2D eigenvalue weighted by molar-refractivity contribution is -0.216. The second kappa shape index (κ2) is 9.44. The van der Waals surface area contributed by atoms with E-state index >= 15 is 0 Å². The van der Waals surface area contributed by atoms with Gasteiger partial charge in [-0.2, -0.15) is 4.79 Å². The van der Waals surface area contributed by atoms with Gasteiger partial charge in [0.15, 0.2) is 0 Å². The van der Waals surface area contributed by atoms with E-state index < -0.39 is 29.6 Å². The molecule has 0 aromatic heterocycles. The molecule has 0 saturated heterocycles. The van der Waals surface area contributed by atoms with Crippen LogP contribution in [0.3, 0.4) is 0 Å². The number of benzene rings is 2. The van der Waals surface area contributed by atoms with E-state index in [0.29, 0.717) is 6.21 Å². The van der Waals surface area contributed by atoms with Gasteiger partial charge < -0.3 is 20.2 Å². The zero-order valence-electron chi connectivity index (χ0n) is 18.6. The predicted octanol–water partition coefficient (Wildman–Crippen LogP) is 3.59. The van der Waals surface area contributed by atoms with E-state index in [1.807, 2.05) is 48.5 Å². The van der Waals surface area contributed by atoms with Crippen LogP contribution in [0, 0.1) is 0 Å². The molecule has 32 heavy (non-hydrogen) atoms. The van der Waals surface area contributed by atoms with Gasteiger partial charge in [0.2, 0.25) is 0 Å². The molecule has 2 atom stereocenters. The van der Waals surface area contributed by atoms with Crippen molar-refractivity contribution >= 4 is 18.2 Å². The lowest BCUT2D eigenvalue weighted by atomic mass is 9.98. The summed E-state index contributed by atoms with van der Waals surface area (Å²) in [6, 6.07) is 14.6. The highest BCUT2D eigenvalue weighted by Gasteiger charge is 2.41. The summed E-state index contributed by atoms with van der Waals surface area (Å²) in [5.74, 6) is -0.863. The number of hydroxylamine groups is 2. The summed E-state index contributed by atoms with van der Waals surface area (Å²) in [4.78, 5) is 33.1. The minimum Gasteiger partial charge on any atom is -0.432 e. The van der Waals surface area contributed by atoms with Gasteiger partial charge in [-0.15, -0.1) is 5.06 Å². The SMILES string of the molecule is C[C@H](O)[C@H](C(=O)C=[N+]=[N-])N(OC(=O)OCC1c2ccccc2-c2ccccc21)C(C)(C)C. The van der Waals surface area contributed by atoms with E-state index in [0.717, 1.165) is 27.3 Å². The van der Waals surface area contributed by atoms with Crippen LogP contribution in [0.25, 0.3) is 16.7 Å². The van der Waals surface area contributed by atoms with Crippen molar-refractivity contribution in [3.8, 4) is 11.1 Å². The molecule has 0 saturated carbocycles. The maximum Gasteiger partial charge on any atom is 0.527 e. The zero-order chi connectivity index (χ0) is 23.5. The maximum absolute atomic E-state index is 12.6. The average molecular weight is 437 g/mol. The summed E-state index contributed by atoms with van der Waals surface area (Å²) in [5, 5.41) is 11.2. The monoisotopic (exact) mass is 437 g/mol. The van der Waals surface area contributed by atoms with Gasteiger partial charge in [0.1, 0.15) is 12.6 Å². The molecule has 2 aromatic rings. The van der Waals surface area contributed by atoms with Crippen molar-refractivity contribution in [2.45, 2.75) is 51.3 Å². The van der Waals surface area contributed by atoms with Crippen LogP contribution in [-0.2, 0) is 14.4 Å². The van der Waals surface area contributed by atoms with Crippen LogP contribution < -0.4 is 0 Å². The van der Waals surface area contributed by atoms with E-state index in [9.17, 15) is 14.7 Å². The Morgan fingerprint density at radius 3 is 2.12 bits per heavy atom. The Morgan fingerprint density at radius 2 is 1.66 bits per heavy atom. The first kappa shape index (κ1) is 23.3. The number of nitrogens with zero attached hydrogens (tertiary/aromatic N) is 3. The number of hydrogen-bond donors (Lipinski definition) is 1. The van der Waals surface area contributed by atoms with E-state index in [1.54, 1.807) is 20.8 Å².